The molecule has 2 aromatic rings. The van der Waals surface area contributed by atoms with Crippen LogP contribution in [-0.4, -0.2) is 17.6 Å². The molecule has 0 radical (unpaired) electrons. The number of carbonyl (C=O) groups is 1. The highest BCUT2D eigenvalue weighted by Crippen LogP contribution is 2.13. The number of amides is 2. The molecular formula is C15H18FN3OS. The zero-order valence-corrected chi connectivity index (χ0v) is 12.9. The number of aryl methyl sites for hydroxylation is 3. The highest BCUT2D eigenvalue weighted by molar-refractivity contribution is 7.09. The summed E-state index contributed by atoms with van der Waals surface area (Å²) in [5, 5.41) is 8.57. The minimum atomic E-state index is -0.281. The SMILES string of the molecule is Cc1csc(CCCNC(=O)Nc2ccc(F)c(C)c2)n1. The minimum absolute atomic E-state index is 0.278. The van der Waals surface area contributed by atoms with Crippen LogP contribution in [0.15, 0.2) is 23.6 Å². The van der Waals surface area contributed by atoms with Crippen LogP contribution < -0.4 is 10.6 Å². The van der Waals surface area contributed by atoms with Crippen molar-refractivity contribution in [3.8, 4) is 0 Å². The van der Waals surface area contributed by atoms with Crippen molar-refractivity contribution in [2.24, 2.45) is 0 Å². The number of urea groups is 1. The first kappa shape index (κ1) is 15.4. The second-order valence-electron chi connectivity index (χ2n) is 4.83. The molecule has 2 N–H and O–H groups in total. The summed E-state index contributed by atoms with van der Waals surface area (Å²) in [4.78, 5) is 16.1. The summed E-state index contributed by atoms with van der Waals surface area (Å²) in [6.07, 6.45) is 1.69. The number of thiazole rings is 1. The summed E-state index contributed by atoms with van der Waals surface area (Å²) in [6, 6.07) is 4.21. The lowest BCUT2D eigenvalue weighted by Gasteiger charge is -2.08. The molecular weight excluding hydrogens is 289 g/mol. The number of benzene rings is 1. The van der Waals surface area contributed by atoms with Crippen LogP contribution in [0.4, 0.5) is 14.9 Å². The molecule has 1 aromatic heterocycles. The van der Waals surface area contributed by atoms with E-state index in [0.717, 1.165) is 23.5 Å². The summed E-state index contributed by atoms with van der Waals surface area (Å²) in [5.74, 6) is -0.278. The van der Waals surface area contributed by atoms with Gasteiger partial charge in [-0.1, -0.05) is 0 Å². The van der Waals surface area contributed by atoms with Crippen molar-refractivity contribution in [3.63, 3.8) is 0 Å². The van der Waals surface area contributed by atoms with E-state index in [0.29, 0.717) is 17.8 Å². The maximum Gasteiger partial charge on any atom is 0.319 e. The van der Waals surface area contributed by atoms with Crippen molar-refractivity contribution >= 4 is 23.1 Å². The van der Waals surface area contributed by atoms with Crippen LogP contribution in [0, 0.1) is 19.7 Å². The van der Waals surface area contributed by atoms with Crippen LogP contribution in [0.1, 0.15) is 22.7 Å². The van der Waals surface area contributed by atoms with E-state index in [1.165, 1.54) is 6.07 Å². The first-order valence-electron chi connectivity index (χ1n) is 6.76. The largest absolute Gasteiger partial charge is 0.338 e. The molecule has 6 heteroatoms. The molecule has 4 nitrogen and oxygen atoms in total. The van der Waals surface area contributed by atoms with Gasteiger partial charge >= 0.3 is 6.03 Å². The van der Waals surface area contributed by atoms with Crippen LogP contribution in [0.2, 0.25) is 0 Å². The standard InChI is InChI=1S/C15H18FN3OS/c1-10-8-12(5-6-13(10)16)19-15(20)17-7-3-4-14-18-11(2)9-21-14/h5-6,8-9H,3-4,7H2,1-2H3,(H2,17,19,20). The zero-order valence-electron chi connectivity index (χ0n) is 12.1. The molecule has 112 valence electrons. The third kappa shape index (κ3) is 4.82. The number of nitrogens with one attached hydrogen (secondary N) is 2. The molecule has 0 aliphatic carbocycles. The molecule has 0 bridgehead atoms. The smallest absolute Gasteiger partial charge is 0.319 e. The van der Waals surface area contributed by atoms with E-state index in [2.05, 4.69) is 15.6 Å². The third-order valence-corrected chi connectivity index (χ3v) is 3.96. The Morgan fingerprint density at radius 1 is 1.38 bits per heavy atom. The fourth-order valence-electron chi connectivity index (χ4n) is 1.86. The third-order valence-electron chi connectivity index (χ3n) is 2.94. The van der Waals surface area contributed by atoms with Gasteiger partial charge < -0.3 is 10.6 Å². The molecule has 1 aromatic carbocycles. The molecule has 0 saturated heterocycles. The second-order valence-corrected chi connectivity index (χ2v) is 5.77. The van der Waals surface area contributed by atoms with Crippen molar-refractivity contribution in [3.05, 3.63) is 45.7 Å². The van der Waals surface area contributed by atoms with E-state index in [1.54, 1.807) is 30.4 Å². The van der Waals surface area contributed by atoms with Crippen molar-refractivity contribution in [1.29, 1.82) is 0 Å². The second kappa shape index (κ2) is 7.17. The van der Waals surface area contributed by atoms with E-state index >= 15 is 0 Å². The van der Waals surface area contributed by atoms with Gasteiger partial charge in [0.05, 0.1) is 5.01 Å². The Morgan fingerprint density at radius 3 is 2.86 bits per heavy atom. The molecule has 0 saturated carbocycles. The van der Waals surface area contributed by atoms with E-state index in [4.69, 9.17) is 0 Å². The number of halogens is 1. The van der Waals surface area contributed by atoms with Crippen molar-refractivity contribution in [2.45, 2.75) is 26.7 Å². The first-order valence-corrected chi connectivity index (χ1v) is 7.64. The number of carbonyl (C=O) groups excluding carboxylic acids is 1. The van der Waals surface area contributed by atoms with Crippen LogP contribution >= 0.6 is 11.3 Å². The summed E-state index contributed by atoms with van der Waals surface area (Å²) < 4.78 is 13.1. The molecule has 0 spiro atoms. The maximum atomic E-state index is 13.1. The fraction of sp³-hybridized carbons (Fsp3) is 0.333. The lowest BCUT2D eigenvalue weighted by molar-refractivity contribution is 0.252. The molecule has 2 rings (SSSR count). The van der Waals surface area contributed by atoms with Gasteiger partial charge in [-0.3, -0.25) is 0 Å². The lowest BCUT2D eigenvalue weighted by Crippen LogP contribution is -2.29. The molecule has 0 fully saturated rings. The van der Waals surface area contributed by atoms with E-state index in [-0.39, 0.29) is 11.8 Å². The Balaban J connectivity index is 1.71. The highest BCUT2D eigenvalue weighted by atomic mass is 32.1. The monoisotopic (exact) mass is 307 g/mol. The van der Waals surface area contributed by atoms with E-state index < -0.39 is 0 Å². The van der Waals surface area contributed by atoms with Gasteiger partial charge in [0.1, 0.15) is 5.82 Å². The number of aromatic nitrogens is 1. The van der Waals surface area contributed by atoms with Gasteiger partial charge in [0.25, 0.3) is 0 Å². The van der Waals surface area contributed by atoms with Gasteiger partial charge in [0.15, 0.2) is 0 Å². The predicted molar refractivity (Wildman–Crippen MR) is 83.3 cm³/mol. The molecule has 2 amide bonds. The number of nitrogens with zero attached hydrogens (tertiary/aromatic N) is 1. The average Bonchev–Trinajstić information content (AvgIpc) is 2.85. The first-order chi connectivity index (χ1) is 10.0. The Bertz CT molecular complexity index is 627. The maximum absolute atomic E-state index is 13.1. The quantitative estimate of drug-likeness (QED) is 0.828. The summed E-state index contributed by atoms with van der Waals surface area (Å²) in [6.45, 7) is 4.20. The van der Waals surface area contributed by atoms with Crippen molar-refractivity contribution < 1.29 is 9.18 Å². The van der Waals surface area contributed by atoms with E-state index in [9.17, 15) is 9.18 Å². The van der Waals surface area contributed by atoms with Crippen LogP contribution in [0.5, 0.6) is 0 Å². The molecule has 1 heterocycles. The Morgan fingerprint density at radius 2 is 2.19 bits per heavy atom. The molecule has 0 unspecified atom stereocenters. The van der Waals surface area contributed by atoms with Gasteiger partial charge in [-0.2, -0.15) is 0 Å². The van der Waals surface area contributed by atoms with E-state index in [1.807, 2.05) is 12.3 Å². The Labute approximate surface area is 127 Å². The fourth-order valence-corrected chi connectivity index (χ4v) is 2.67. The number of hydrogen-bond acceptors (Lipinski definition) is 3. The summed E-state index contributed by atoms with van der Waals surface area (Å²) in [7, 11) is 0. The number of anilines is 1. The number of hydrogen-bond donors (Lipinski definition) is 2. The average molecular weight is 307 g/mol. The van der Waals surface area contributed by atoms with Gasteiger partial charge in [-0.25, -0.2) is 14.2 Å². The molecule has 0 aliphatic heterocycles. The van der Waals surface area contributed by atoms with Gasteiger partial charge in [0.2, 0.25) is 0 Å². The van der Waals surface area contributed by atoms with Gasteiger partial charge in [-0.05, 0) is 44.0 Å². The lowest BCUT2D eigenvalue weighted by atomic mass is 10.2. The molecule has 0 atom stereocenters. The van der Waals surface area contributed by atoms with Gasteiger partial charge in [-0.15, -0.1) is 11.3 Å². The topological polar surface area (TPSA) is 54.0 Å². The summed E-state index contributed by atoms with van der Waals surface area (Å²) in [5.41, 5.74) is 2.13. The zero-order chi connectivity index (χ0) is 15.2. The van der Waals surface area contributed by atoms with Gasteiger partial charge in [0, 0.05) is 29.7 Å². The van der Waals surface area contributed by atoms with Crippen LogP contribution in [0.25, 0.3) is 0 Å². The van der Waals surface area contributed by atoms with Crippen LogP contribution in [0.3, 0.4) is 0 Å². The molecule has 0 aliphatic rings. The van der Waals surface area contributed by atoms with Crippen molar-refractivity contribution in [2.75, 3.05) is 11.9 Å². The van der Waals surface area contributed by atoms with Crippen LogP contribution in [-0.2, 0) is 6.42 Å². The Kier molecular flexibility index (Phi) is 5.27. The molecule has 21 heavy (non-hydrogen) atoms. The Hall–Kier alpha value is -1.95. The number of rotatable bonds is 5. The predicted octanol–water partition coefficient (Wildman–Crippen LogP) is 3.65. The minimum Gasteiger partial charge on any atom is -0.338 e. The normalized spacial score (nSPS) is 10.4. The van der Waals surface area contributed by atoms with Crippen molar-refractivity contribution in [1.82, 2.24) is 10.3 Å². The highest BCUT2D eigenvalue weighted by Gasteiger charge is 2.04. The summed E-state index contributed by atoms with van der Waals surface area (Å²) >= 11 is 1.64.